The smallest absolute Gasteiger partial charge is 0.259 e. The molecule has 8 heteroatoms. The van der Waals surface area contributed by atoms with Gasteiger partial charge in [0.15, 0.2) is 5.82 Å². The Morgan fingerprint density at radius 3 is 2.55 bits per heavy atom. The lowest BCUT2D eigenvalue weighted by molar-refractivity contribution is 0.102. The van der Waals surface area contributed by atoms with Crippen molar-refractivity contribution in [2.75, 3.05) is 50.7 Å². The Hall–Kier alpha value is -3.65. The lowest BCUT2D eigenvalue weighted by Gasteiger charge is -2.27. The predicted molar refractivity (Wildman–Crippen MR) is 118 cm³/mol. The number of nitrogens with zero attached hydrogens (tertiary/aromatic N) is 3. The van der Waals surface area contributed by atoms with E-state index in [0.29, 0.717) is 36.0 Å². The summed E-state index contributed by atoms with van der Waals surface area (Å²) in [7, 11) is 3.08. The first-order chi connectivity index (χ1) is 15.2. The van der Waals surface area contributed by atoms with Crippen LogP contribution in [0.1, 0.15) is 10.4 Å². The summed E-state index contributed by atoms with van der Waals surface area (Å²) in [4.78, 5) is 15.0. The fraction of sp³-hybridized carbons (Fsp3) is 0.261. The van der Waals surface area contributed by atoms with Crippen LogP contribution >= 0.6 is 0 Å². The van der Waals surface area contributed by atoms with Crippen LogP contribution in [0.2, 0.25) is 0 Å². The van der Waals surface area contributed by atoms with Gasteiger partial charge in [-0.3, -0.25) is 4.79 Å². The fourth-order valence-electron chi connectivity index (χ4n) is 3.39. The number of carbonyl (C=O) groups excluding carboxylic acids is 1. The summed E-state index contributed by atoms with van der Waals surface area (Å²) >= 11 is 0. The Kier molecular flexibility index (Phi) is 6.28. The van der Waals surface area contributed by atoms with Gasteiger partial charge in [-0.15, -0.1) is 10.2 Å². The molecule has 3 aromatic rings. The highest BCUT2D eigenvalue weighted by molar-refractivity contribution is 6.06. The van der Waals surface area contributed by atoms with Gasteiger partial charge < -0.3 is 24.4 Å². The van der Waals surface area contributed by atoms with Crippen molar-refractivity contribution in [2.45, 2.75) is 0 Å². The number of anilines is 2. The summed E-state index contributed by atoms with van der Waals surface area (Å²) in [6.45, 7) is 3.01. The highest BCUT2D eigenvalue weighted by Crippen LogP contribution is 2.26. The second-order valence-corrected chi connectivity index (χ2v) is 6.98. The van der Waals surface area contributed by atoms with Gasteiger partial charge in [0, 0.05) is 24.3 Å². The Balaban J connectivity index is 1.51. The van der Waals surface area contributed by atoms with Gasteiger partial charge in [0.1, 0.15) is 11.5 Å². The maximum absolute atomic E-state index is 12.8. The molecule has 0 saturated carbocycles. The number of benzene rings is 2. The maximum Gasteiger partial charge on any atom is 0.259 e. The van der Waals surface area contributed by atoms with E-state index >= 15 is 0 Å². The van der Waals surface area contributed by atoms with Crippen LogP contribution in [-0.4, -0.2) is 56.6 Å². The van der Waals surface area contributed by atoms with E-state index in [4.69, 9.17) is 14.2 Å². The third kappa shape index (κ3) is 4.75. The monoisotopic (exact) mass is 420 g/mol. The molecule has 4 rings (SSSR count). The first-order valence-corrected chi connectivity index (χ1v) is 9.98. The second kappa shape index (κ2) is 9.44. The van der Waals surface area contributed by atoms with Crippen LogP contribution in [0.25, 0.3) is 11.3 Å². The maximum atomic E-state index is 12.8. The summed E-state index contributed by atoms with van der Waals surface area (Å²) in [5.74, 6) is 1.60. The molecule has 8 nitrogen and oxygen atoms in total. The molecule has 2 heterocycles. The molecular weight excluding hydrogens is 396 g/mol. The second-order valence-electron chi connectivity index (χ2n) is 6.98. The third-order valence-corrected chi connectivity index (χ3v) is 5.05. The topological polar surface area (TPSA) is 85.8 Å². The molecule has 1 N–H and O–H groups in total. The molecule has 0 bridgehead atoms. The SMILES string of the molecule is COc1ccc(OC)c(C(=O)Nc2cccc(-c3ccc(N4CCOCC4)nn3)c2)c1. The van der Waals surface area contributed by atoms with Crippen molar-refractivity contribution in [3.63, 3.8) is 0 Å². The third-order valence-electron chi connectivity index (χ3n) is 5.05. The number of nitrogens with one attached hydrogen (secondary N) is 1. The molecule has 1 amide bonds. The van der Waals surface area contributed by atoms with Crippen LogP contribution in [-0.2, 0) is 4.74 Å². The van der Waals surface area contributed by atoms with Crippen LogP contribution in [0.4, 0.5) is 11.5 Å². The van der Waals surface area contributed by atoms with Gasteiger partial charge in [-0.2, -0.15) is 0 Å². The number of ether oxygens (including phenoxy) is 3. The minimum atomic E-state index is -0.290. The van der Waals surface area contributed by atoms with Crippen LogP contribution in [0.15, 0.2) is 54.6 Å². The zero-order valence-corrected chi connectivity index (χ0v) is 17.5. The molecule has 1 aliphatic rings. The number of aromatic nitrogens is 2. The van der Waals surface area contributed by atoms with E-state index in [-0.39, 0.29) is 5.91 Å². The van der Waals surface area contributed by atoms with E-state index in [1.165, 1.54) is 7.11 Å². The summed E-state index contributed by atoms with van der Waals surface area (Å²) in [5.41, 5.74) is 2.62. The summed E-state index contributed by atoms with van der Waals surface area (Å²) in [6, 6.07) is 16.5. The van der Waals surface area contributed by atoms with Gasteiger partial charge in [0.2, 0.25) is 0 Å². The van der Waals surface area contributed by atoms with E-state index in [0.717, 1.165) is 30.2 Å². The lowest BCUT2D eigenvalue weighted by atomic mass is 10.1. The minimum Gasteiger partial charge on any atom is -0.497 e. The van der Waals surface area contributed by atoms with Crippen molar-refractivity contribution in [3.8, 4) is 22.8 Å². The zero-order valence-electron chi connectivity index (χ0n) is 17.5. The molecule has 160 valence electrons. The minimum absolute atomic E-state index is 0.290. The molecular formula is C23H24N4O4. The number of carbonyl (C=O) groups is 1. The van der Waals surface area contributed by atoms with Crippen molar-refractivity contribution in [2.24, 2.45) is 0 Å². The number of hydrogen-bond acceptors (Lipinski definition) is 7. The van der Waals surface area contributed by atoms with Crippen LogP contribution in [0.3, 0.4) is 0 Å². The Bertz CT molecular complexity index is 1050. The van der Waals surface area contributed by atoms with Crippen molar-refractivity contribution in [3.05, 3.63) is 60.2 Å². The molecule has 0 radical (unpaired) electrons. The van der Waals surface area contributed by atoms with Gasteiger partial charge in [-0.05, 0) is 42.5 Å². The van der Waals surface area contributed by atoms with Crippen LogP contribution < -0.4 is 19.7 Å². The van der Waals surface area contributed by atoms with Crippen molar-refractivity contribution in [1.29, 1.82) is 0 Å². The normalized spacial score (nSPS) is 13.5. The summed E-state index contributed by atoms with van der Waals surface area (Å²) in [6.07, 6.45) is 0. The molecule has 0 atom stereocenters. The van der Waals surface area contributed by atoms with Crippen molar-refractivity contribution < 1.29 is 19.0 Å². The molecule has 1 aromatic heterocycles. The largest absolute Gasteiger partial charge is 0.497 e. The van der Waals surface area contributed by atoms with E-state index in [1.807, 2.05) is 36.4 Å². The molecule has 0 aliphatic carbocycles. The highest BCUT2D eigenvalue weighted by atomic mass is 16.5. The molecule has 0 spiro atoms. The van der Waals surface area contributed by atoms with Crippen LogP contribution in [0.5, 0.6) is 11.5 Å². The Labute approximate surface area is 180 Å². The van der Waals surface area contributed by atoms with E-state index in [1.54, 1.807) is 25.3 Å². The predicted octanol–water partition coefficient (Wildman–Crippen LogP) is 3.25. The van der Waals surface area contributed by atoms with E-state index in [9.17, 15) is 4.79 Å². The molecule has 0 unspecified atom stereocenters. The first-order valence-electron chi connectivity index (χ1n) is 9.98. The highest BCUT2D eigenvalue weighted by Gasteiger charge is 2.15. The van der Waals surface area contributed by atoms with E-state index in [2.05, 4.69) is 20.4 Å². The molecule has 1 saturated heterocycles. The number of amides is 1. The van der Waals surface area contributed by atoms with Gasteiger partial charge >= 0.3 is 0 Å². The summed E-state index contributed by atoms with van der Waals surface area (Å²) in [5, 5.41) is 11.6. The van der Waals surface area contributed by atoms with E-state index < -0.39 is 0 Å². The fourth-order valence-corrected chi connectivity index (χ4v) is 3.39. The number of hydrogen-bond donors (Lipinski definition) is 1. The number of methoxy groups -OCH3 is 2. The van der Waals surface area contributed by atoms with Gasteiger partial charge in [-0.1, -0.05) is 12.1 Å². The molecule has 1 aliphatic heterocycles. The molecule has 2 aromatic carbocycles. The van der Waals surface area contributed by atoms with Gasteiger partial charge in [0.05, 0.1) is 38.7 Å². The Morgan fingerprint density at radius 2 is 1.84 bits per heavy atom. The average molecular weight is 420 g/mol. The van der Waals surface area contributed by atoms with Gasteiger partial charge in [0.25, 0.3) is 5.91 Å². The number of morpholine rings is 1. The summed E-state index contributed by atoms with van der Waals surface area (Å²) < 4.78 is 15.9. The lowest BCUT2D eigenvalue weighted by Crippen LogP contribution is -2.36. The van der Waals surface area contributed by atoms with Crippen LogP contribution in [0, 0.1) is 0 Å². The molecule has 31 heavy (non-hydrogen) atoms. The number of rotatable bonds is 6. The molecule has 1 fully saturated rings. The first kappa shape index (κ1) is 20.6. The average Bonchev–Trinajstić information content (AvgIpc) is 2.84. The van der Waals surface area contributed by atoms with Crippen molar-refractivity contribution >= 4 is 17.4 Å². The quantitative estimate of drug-likeness (QED) is 0.655. The van der Waals surface area contributed by atoms with Crippen molar-refractivity contribution in [1.82, 2.24) is 10.2 Å². The van der Waals surface area contributed by atoms with Gasteiger partial charge in [-0.25, -0.2) is 0 Å². The zero-order chi connectivity index (χ0) is 21.6. The Morgan fingerprint density at radius 1 is 1.00 bits per heavy atom. The standard InChI is InChI=1S/C23H24N4O4/c1-29-18-6-8-21(30-2)19(15-18)23(28)24-17-5-3-4-16(14-17)20-7-9-22(26-25-20)27-10-12-31-13-11-27/h3-9,14-15H,10-13H2,1-2H3,(H,24,28).